The maximum Gasteiger partial charge on any atom is 0.281 e. The molecule has 4 heterocycles. The van der Waals surface area contributed by atoms with Crippen molar-refractivity contribution in [2.75, 3.05) is 11.3 Å². The molecule has 0 saturated heterocycles. The van der Waals surface area contributed by atoms with Gasteiger partial charge in [-0.3, -0.25) is 9.40 Å². The van der Waals surface area contributed by atoms with E-state index < -0.39 is 10.0 Å². The Hall–Kier alpha value is -3.33. The van der Waals surface area contributed by atoms with E-state index in [0.29, 0.717) is 23.2 Å². The molecule has 4 aromatic rings. The molecule has 2 unspecified atom stereocenters. The van der Waals surface area contributed by atoms with Gasteiger partial charge in [-0.15, -0.1) is 0 Å². The first-order chi connectivity index (χ1) is 16.3. The largest absolute Gasteiger partial charge is 0.493 e. The molecule has 0 radical (unpaired) electrons. The Bertz CT molecular complexity index is 1470. The number of hydrogen-bond donors (Lipinski definition) is 1. The number of anilines is 1. The lowest BCUT2D eigenvalue weighted by Crippen LogP contribution is -2.14. The van der Waals surface area contributed by atoms with Crippen LogP contribution >= 0.6 is 0 Å². The summed E-state index contributed by atoms with van der Waals surface area (Å²) in [5, 5.41) is 4.78. The monoisotopic (exact) mass is 479 g/mol. The second-order valence-electron chi connectivity index (χ2n) is 8.99. The van der Waals surface area contributed by atoms with Crippen LogP contribution in [0, 0.1) is 5.92 Å². The first-order valence-corrected chi connectivity index (χ1v) is 13.0. The smallest absolute Gasteiger partial charge is 0.281 e. The standard InChI is InChI=1S/C25H29N5O3S/c1-5-17-10-13-33-22-7-6-18(14-19(22)16(17)2)20-15-29(3)25-24(20)21(8-11-26-25)28-34(31,32)23-9-12-30(4)27-23/h6-9,11-12,14-17H,5,10,13H2,1-4H3,(H,26,28). The number of rotatable bonds is 5. The van der Waals surface area contributed by atoms with Gasteiger partial charge in [0, 0.05) is 38.2 Å². The summed E-state index contributed by atoms with van der Waals surface area (Å²) in [6.45, 7) is 5.22. The molecule has 0 bridgehead atoms. The Balaban J connectivity index is 1.63. The van der Waals surface area contributed by atoms with Gasteiger partial charge in [-0.05, 0) is 53.6 Å². The molecule has 3 aromatic heterocycles. The normalized spacial score (nSPS) is 18.4. The van der Waals surface area contributed by atoms with Crippen LogP contribution in [-0.4, -0.2) is 34.4 Å². The highest BCUT2D eigenvalue weighted by Gasteiger charge is 2.26. The molecule has 1 N–H and O–H groups in total. The van der Waals surface area contributed by atoms with Gasteiger partial charge in [0.15, 0.2) is 5.03 Å². The van der Waals surface area contributed by atoms with Crippen molar-refractivity contribution < 1.29 is 13.2 Å². The summed E-state index contributed by atoms with van der Waals surface area (Å²) < 4.78 is 38.2. The lowest BCUT2D eigenvalue weighted by Gasteiger charge is -2.20. The van der Waals surface area contributed by atoms with Crippen LogP contribution in [-0.2, 0) is 24.1 Å². The molecule has 178 valence electrons. The van der Waals surface area contributed by atoms with Crippen LogP contribution in [0.15, 0.2) is 53.9 Å². The van der Waals surface area contributed by atoms with Crippen molar-refractivity contribution in [3.63, 3.8) is 0 Å². The minimum Gasteiger partial charge on any atom is -0.493 e. The third-order valence-electron chi connectivity index (χ3n) is 6.85. The highest BCUT2D eigenvalue weighted by Crippen LogP contribution is 2.42. The molecule has 5 rings (SSSR count). The maximum absolute atomic E-state index is 13.0. The van der Waals surface area contributed by atoms with Gasteiger partial charge in [-0.1, -0.05) is 26.3 Å². The first-order valence-electron chi connectivity index (χ1n) is 11.5. The van der Waals surface area contributed by atoms with Crippen molar-refractivity contribution in [2.24, 2.45) is 20.0 Å². The van der Waals surface area contributed by atoms with E-state index in [1.807, 2.05) is 29.9 Å². The maximum atomic E-state index is 13.0. The van der Waals surface area contributed by atoms with Gasteiger partial charge in [0.25, 0.3) is 10.0 Å². The summed E-state index contributed by atoms with van der Waals surface area (Å²) in [5.41, 5.74) is 4.27. The van der Waals surface area contributed by atoms with Crippen LogP contribution in [0.1, 0.15) is 38.2 Å². The zero-order valence-electron chi connectivity index (χ0n) is 19.8. The Morgan fingerprint density at radius 1 is 1.21 bits per heavy atom. The zero-order valence-corrected chi connectivity index (χ0v) is 20.6. The molecule has 1 aromatic carbocycles. The molecule has 1 aliphatic rings. The summed E-state index contributed by atoms with van der Waals surface area (Å²) in [6, 6.07) is 9.43. The van der Waals surface area contributed by atoms with Crippen molar-refractivity contribution in [3.8, 4) is 16.9 Å². The van der Waals surface area contributed by atoms with E-state index in [2.05, 4.69) is 34.7 Å². The highest BCUT2D eigenvalue weighted by atomic mass is 32.2. The van der Waals surface area contributed by atoms with Crippen LogP contribution in [0.3, 0.4) is 0 Å². The molecule has 34 heavy (non-hydrogen) atoms. The lowest BCUT2D eigenvalue weighted by molar-refractivity contribution is 0.285. The number of hydrogen-bond acceptors (Lipinski definition) is 5. The first kappa shape index (κ1) is 22.5. The van der Waals surface area contributed by atoms with Gasteiger partial charge in [-0.25, -0.2) is 4.98 Å². The summed E-state index contributed by atoms with van der Waals surface area (Å²) in [6.07, 6.45) is 7.36. The SMILES string of the molecule is CCC1CCOc2ccc(-c3cn(C)c4nccc(NS(=O)(=O)c5ccn(C)n5)c34)cc2C1C. The fourth-order valence-electron chi connectivity index (χ4n) is 4.93. The molecule has 0 amide bonds. The average molecular weight is 480 g/mol. The fraction of sp³-hybridized carbons (Fsp3) is 0.360. The molecule has 9 heteroatoms. The highest BCUT2D eigenvalue weighted by molar-refractivity contribution is 7.92. The Morgan fingerprint density at radius 2 is 2.03 bits per heavy atom. The van der Waals surface area contributed by atoms with Crippen LogP contribution in [0.25, 0.3) is 22.2 Å². The van der Waals surface area contributed by atoms with E-state index >= 15 is 0 Å². The number of benzene rings is 1. The van der Waals surface area contributed by atoms with Crippen LogP contribution in [0.5, 0.6) is 5.75 Å². The summed E-state index contributed by atoms with van der Waals surface area (Å²) in [4.78, 5) is 4.52. The van der Waals surface area contributed by atoms with Crippen LogP contribution in [0.4, 0.5) is 5.69 Å². The van der Waals surface area contributed by atoms with Crippen molar-refractivity contribution in [1.29, 1.82) is 0 Å². The summed E-state index contributed by atoms with van der Waals surface area (Å²) in [7, 11) is -0.251. The number of aromatic nitrogens is 4. The van der Waals surface area contributed by atoms with Gasteiger partial charge in [0.05, 0.1) is 17.7 Å². The Morgan fingerprint density at radius 3 is 2.76 bits per heavy atom. The molecule has 0 fully saturated rings. The van der Waals surface area contributed by atoms with E-state index in [4.69, 9.17) is 4.74 Å². The number of aryl methyl sites for hydroxylation is 2. The number of pyridine rings is 1. The molecular weight excluding hydrogens is 450 g/mol. The summed E-state index contributed by atoms with van der Waals surface area (Å²) >= 11 is 0. The quantitative estimate of drug-likeness (QED) is 0.449. The predicted octanol–water partition coefficient (Wildman–Crippen LogP) is 4.69. The van der Waals surface area contributed by atoms with Gasteiger partial charge < -0.3 is 9.30 Å². The van der Waals surface area contributed by atoms with Crippen molar-refractivity contribution >= 4 is 26.7 Å². The van der Waals surface area contributed by atoms with Gasteiger partial charge in [0.2, 0.25) is 0 Å². The Kier molecular flexibility index (Phi) is 5.59. The van der Waals surface area contributed by atoms with Gasteiger partial charge in [0.1, 0.15) is 11.4 Å². The van der Waals surface area contributed by atoms with E-state index in [1.54, 1.807) is 25.5 Å². The molecule has 0 aliphatic carbocycles. The Labute approximate surface area is 199 Å². The number of nitrogens with one attached hydrogen (secondary N) is 1. The predicted molar refractivity (Wildman–Crippen MR) is 132 cm³/mol. The third kappa shape index (κ3) is 3.83. The van der Waals surface area contributed by atoms with Crippen LogP contribution in [0.2, 0.25) is 0 Å². The third-order valence-corrected chi connectivity index (χ3v) is 8.11. The molecule has 1 aliphatic heterocycles. The van der Waals surface area contributed by atoms with E-state index in [9.17, 15) is 8.42 Å². The number of sulfonamides is 1. The molecule has 0 saturated carbocycles. The van der Waals surface area contributed by atoms with Crippen molar-refractivity contribution in [1.82, 2.24) is 19.3 Å². The minimum absolute atomic E-state index is 0.0287. The molecule has 2 atom stereocenters. The van der Waals surface area contributed by atoms with Gasteiger partial charge >= 0.3 is 0 Å². The molecule has 8 nitrogen and oxygen atoms in total. The van der Waals surface area contributed by atoms with Crippen LogP contribution < -0.4 is 9.46 Å². The minimum atomic E-state index is -3.85. The summed E-state index contributed by atoms with van der Waals surface area (Å²) in [5.74, 6) is 1.87. The van der Waals surface area contributed by atoms with Crippen molar-refractivity contribution in [3.05, 3.63) is 54.5 Å². The van der Waals surface area contributed by atoms with Crippen molar-refractivity contribution in [2.45, 2.75) is 37.6 Å². The number of fused-ring (bicyclic) bond motifs is 2. The average Bonchev–Trinajstić information content (AvgIpc) is 3.36. The second kappa shape index (κ2) is 8.47. The fourth-order valence-corrected chi connectivity index (χ4v) is 5.97. The van der Waals surface area contributed by atoms with E-state index in [-0.39, 0.29) is 5.03 Å². The van der Waals surface area contributed by atoms with Gasteiger partial charge in [-0.2, -0.15) is 13.5 Å². The second-order valence-corrected chi connectivity index (χ2v) is 10.6. The van der Waals surface area contributed by atoms with E-state index in [1.165, 1.54) is 16.3 Å². The molecule has 0 spiro atoms. The number of ether oxygens (including phenoxy) is 1. The zero-order chi connectivity index (χ0) is 24.0. The lowest BCUT2D eigenvalue weighted by atomic mass is 9.83. The topological polar surface area (TPSA) is 91.0 Å². The molecular formula is C25H29N5O3S. The van der Waals surface area contributed by atoms with E-state index in [0.717, 1.165) is 41.7 Å². The number of nitrogens with zero attached hydrogens (tertiary/aromatic N) is 4.